The summed E-state index contributed by atoms with van der Waals surface area (Å²) in [5.74, 6) is 8.46. The Bertz CT molecular complexity index is 3310. The molecule has 0 radical (unpaired) electrons. The third-order valence-corrected chi connectivity index (χ3v) is 11.8. The molecule has 0 amide bonds. The average Bonchev–Trinajstić information content (AvgIpc) is 3.51. The molecule has 0 bridgehead atoms. The average molecular weight is 794 g/mol. The highest BCUT2D eigenvalue weighted by atomic mass is 16.3. The predicted molar refractivity (Wildman–Crippen MR) is 255 cm³/mol. The third-order valence-electron chi connectivity index (χ3n) is 11.8. The summed E-state index contributed by atoms with van der Waals surface area (Å²) in [4.78, 5) is 15.5. The van der Waals surface area contributed by atoms with E-state index in [-0.39, 0.29) is 0 Å². The Balaban J connectivity index is 1.08. The first-order valence-electron chi connectivity index (χ1n) is 21.1. The van der Waals surface area contributed by atoms with Crippen LogP contribution in [-0.2, 0) is 0 Å². The molecule has 2 aliphatic rings. The smallest absolute Gasteiger partial charge is 0.164 e. The second-order valence-corrected chi connectivity index (χ2v) is 15.7. The Morgan fingerprint density at radius 3 is 1.85 bits per heavy atom. The molecule has 7 aromatic carbocycles. The van der Waals surface area contributed by atoms with Crippen molar-refractivity contribution in [1.82, 2.24) is 15.0 Å². The van der Waals surface area contributed by atoms with Crippen molar-refractivity contribution in [3.05, 3.63) is 223 Å². The van der Waals surface area contributed by atoms with Crippen LogP contribution < -0.4 is 0 Å². The van der Waals surface area contributed by atoms with E-state index in [0.717, 1.165) is 72.9 Å². The molecule has 2 aliphatic carbocycles. The highest BCUT2D eigenvalue weighted by Crippen LogP contribution is 2.43. The zero-order chi connectivity index (χ0) is 41.2. The van der Waals surface area contributed by atoms with E-state index in [1.54, 1.807) is 0 Å². The van der Waals surface area contributed by atoms with E-state index in [9.17, 15) is 0 Å². The Morgan fingerprint density at radius 2 is 1.16 bits per heavy atom. The van der Waals surface area contributed by atoms with Crippen molar-refractivity contribution in [2.24, 2.45) is 0 Å². The minimum absolute atomic E-state index is 0.335. The number of aromatic nitrogens is 3. The second kappa shape index (κ2) is 16.1. The first-order valence-corrected chi connectivity index (χ1v) is 21.1. The summed E-state index contributed by atoms with van der Waals surface area (Å²) in [7, 11) is 0. The van der Waals surface area contributed by atoms with E-state index in [1.165, 1.54) is 22.3 Å². The predicted octanol–water partition coefficient (Wildman–Crippen LogP) is 14.6. The normalized spacial score (nSPS) is 14.5. The Labute approximate surface area is 361 Å². The maximum Gasteiger partial charge on any atom is 0.164 e. The fourth-order valence-electron chi connectivity index (χ4n) is 8.59. The van der Waals surface area contributed by atoms with Crippen LogP contribution in [0.1, 0.15) is 35.7 Å². The van der Waals surface area contributed by atoms with Gasteiger partial charge in [-0.05, 0) is 75.2 Å². The molecule has 4 heteroatoms. The zero-order valence-corrected chi connectivity index (χ0v) is 33.9. The molecule has 1 unspecified atom stereocenters. The fourth-order valence-corrected chi connectivity index (χ4v) is 8.59. The lowest BCUT2D eigenvalue weighted by Crippen LogP contribution is -2.03. The van der Waals surface area contributed by atoms with Crippen LogP contribution in [0.2, 0.25) is 0 Å². The van der Waals surface area contributed by atoms with Gasteiger partial charge in [-0.15, -0.1) is 0 Å². The van der Waals surface area contributed by atoms with E-state index in [2.05, 4.69) is 182 Å². The van der Waals surface area contributed by atoms with E-state index in [1.807, 2.05) is 36.4 Å². The molecular weight excluding hydrogens is 755 g/mol. The van der Waals surface area contributed by atoms with Gasteiger partial charge in [0.15, 0.2) is 17.5 Å². The van der Waals surface area contributed by atoms with Crippen LogP contribution in [0.4, 0.5) is 0 Å². The van der Waals surface area contributed by atoms with Crippen LogP contribution in [0.15, 0.2) is 211 Å². The molecule has 0 N–H and O–H groups in total. The van der Waals surface area contributed by atoms with Crippen molar-refractivity contribution in [1.29, 1.82) is 0 Å². The van der Waals surface area contributed by atoms with Crippen LogP contribution in [-0.4, -0.2) is 15.0 Å². The Kier molecular flexibility index (Phi) is 9.61. The maximum atomic E-state index is 6.92. The number of benzene rings is 7. The van der Waals surface area contributed by atoms with Crippen molar-refractivity contribution in [2.45, 2.75) is 18.8 Å². The Morgan fingerprint density at radius 1 is 0.532 bits per heavy atom. The third kappa shape index (κ3) is 7.17. The molecule has 0 saturated heterocycles. The van der Waals surface area contributed by atoms with Gasteiger partial charge in [0.25, 0.3) is 0 Å². The summed E-state index contributed by atoms with van der Waals surface area (Å²) < 4.78 is 6.92. The van der Waals surface area contributed by atoms with Crippen LogP contribution in [0, 0.1) is 11.8 Å². The standard InChI is InChI=1S/C58H39N3O/c1-2-7-22-47(21-6-1)56-59-57(48-35-31-44(32-36-48)41-19-12-5-13-20-41)61-58(60-56)50-23-14-24-53-54(50)52-38-49(45-27-25-42(26-28-45)39-15-8-3-9-16-39)37-51(55(52)62-53)46-33-29-43(30-34-46)40-17-10-4-11-18-40/h1,3-6,8-21,23-25,27-38,42H,22,26H2. The number of rotatable bonds is 8. The molecule has 0 saturated carbocycles. The number of fused-ring (bicyclic) bond motifs is 3. The largest absolute Gasteiger partial charge is 0.455 e. The molecule has 2 aromatic heterocycles. The van der Waals surface area contributed by atoms with Gasteiger partial charge in [-0.3, -0.25) is 0 Å². The van der Waals surface area contributed by atoms with Crippen molar-refractivity contribution in [2.75, 3.05) is 0 Å². The number of hydrogen-bond donors (Lipinski definition) is 0. The summed E-state index contributed by atoms with van der Waals surface area (Å²) in [6, 6.07) is 59.6. The summed E-state index contributed by atoms with van der Waals surface area (Å²) in [5, 5.41) is 1.97. The number of nitrogens with zero attached hydrogens (tertiary/aromatic N) is 3. The van der Waals surface area contributed by atoms with Crippen LogP contribution in [0.3, 0.4) is 0 Å². The minimum Gasteiger partial charge on any atom is -0.455 e. The molecule has 2 heterocycles. The van der Waals surface area contributed by atoms with Gasteiger partial charge in [0.2, 0.25) is 0 Å². The maximum absolute atomic E-state index is 6.92. The van der Waals surface area contributed by atoms with Gasteiger partial charge in [0.05, 0.1) is 0 Å². The topological polar surface area (TPSA) is 51.8 Å². The Hall–Kier alpha value is -8.13. The molecule has 11 rings (SSSR count). The van der Waals surface area contributed by atoms with Gasteiger partial charge in [0.1, 0.15) is 11.2 Å². The summed E-state index contributed by atoms with van der Waals surface area (Å²) in [6.45, 7) is 0. The van der Waals surface area contributed by atoms with Crippen molar-refractivity contribution < 1.29 is 4.42 Å². The molecule has 0 fully saturated rings. The minimum atomic E-state index is 0.335. The summed E-state index contributed by atoms with van der Waals surface area (Å²) in [6.07, 6.45) is 14.3. The lowest BCUT2D eigenvalue weighted by molar-refractivity contribution is 0.670. The van der Waals surface area contributed by atoms with Crippen LogP contribution in [0.5, 0.6) is 0 Å². The van der Waals surface area contributed by atoms with Crippen molar-refractivity contribution in [3.63, 3.8) is 0 Å². The monoisotopic (exact) mass is 793 g/mol. The van der Waals surface area contributed by atoms with Gasteiger partial charge >= 0.3 is 0 Å². The van der Waals surface area contributed by atoms with Crippen LogP contribution in [0.25, 0.3) is 89.2 Å². The molecule has 1 atom stereocenters. The van der Waals surface area contributed by atoms with E-state index >= 15 is 0 Å². The molecular formula is C58H39N3O. The number of allylic oxidation sites excluding steroid dienone is 8. The second-order valence-electron chi connectivity index (χ2n) is 15.7. The first kappa shape index (κ1) is 36.9. The molecule has 62 heavy (non-hydrogen) atoms. The van der Waals surface area contributed by atoms with Gasteiger partial charge in [0, 0.05) is 45.4 Å². The molecule has 0 spiro atoms. The highest BCUT2D eigenvalue weighted by molar-refractivity contribution is 6.16. The van der Waals surface area contributed by atoms with Crippen molar-refractivity contribution >= 4 is 33.1 Å². The summed E-state index contributed by atoms with van der Waals surface area (Å²) >= 11 is 0. The SMILES string of the molecule is C1#CCC(c2nc(-c3ccc(-c4ccccc4)cc3)nc(-c3cccc4oc5c(-c6ccc(-c7ccccc7)cc6)cc(C6=CCC(c7ccccc7)C=C6)cc5c34)n2)=CC=C1. The zero-order valence-electron chi connectivity index (χ0n) is 33.9. The lowest BCUT2D eigenvalue weighted by atomic mass is 9.87. The van der Waals surface area contributed by atoms with Gasteiger partial charge < -0.3 is 4.42 Å². The fraction of sp³-hybridized carbons (Fsp3) is 0.0517. The lowest BCUT2D eigenvalue weighted by Gasteiger charge is -2.17. The molecule has 4 nitrogen and oxygen atoms in total. The number of hydrogen-bond acceptors (Lipinski definition) is 4. The van der Waals surface area contributed by atoms with Gasteiger partial charge in [-0.1, -0.05) is 194 Å². The molecule has 9 aromatic rings. The summed E-state index contributed by atoms with van der Waals surface area (Å²) in [5.41, 5.74) is 14.7. The van der Waals surface area contributed by atoms with E-state index < -0.39 is 0 Å². The molecule has 0 aliphatic heterocycles. The van der Waals surface area contributed by atoms with Gasteiger partial charge in [-0.2, -0.15) is 0 Å². The van der Waals surface area contributed by atoms with E-state index in [4.69, 9.17) is 19.4 Å². The highest BCUT2D eigenvalue weighted by Gasteiger charge is 2.22. The van der Waals surface area contributed by atoms with Crippen molar-refractivity contribution in [3.8, 4) is 68.0 Å². The van der Waals surface area contributed by atoms with Crippen LogP contribution >= 0.6 is 0 Å². The number of furan rings is 1. The van der Waals surface area contributed by atoms with E-state index in [0.29, 0.717) is 29.8 Å². The quantitative estimate of drug-likeness (QED) is 0.144. The first-order chi connectivity index (χ1) is 30.7. The molecule has 292 valence electrons. The van der Waals surface area contributed by atoms with Gasteiger partial charge in [-0.25, -0.2) is 15.0 Å².